The summed E-state index contributed by atoms with van der Waals surface area (Å²) >= 11 is 0. The van der Waals surface area contributed by atoms with Crippen LogP contribution in [0.2, 0.25) is 0 Å². The fraction of sp³-hybridized carbons (Fsp3) is 0.583. The Kier molecular flexibility index (Phi) is 4.05. The molecule has 2 N–H and O–H groups in total. The Hall–Kier alpha value is -1.93. The summed E-state index contributed by atoms with van der Waals surface area (Å²) < 4.78 is 9.29. The Balaban J connectivity index is 2.89. The molecule has 0 bridgehead atoms. The first-order valence-corrected chi connectivity index (χ1v) is 6.44. The van der Waals surface area contributed by atoms with Gasteiger partial charge in [0, 0.05) is 20.7 Å². The molecule has 2 aromatic rings. The minimum Gasteiger partial charge on any atom is -0.383 e. The zero-order chi connectivity index (χ0) is 14.9. The Labute approximate surface area is 115 Å². The summed E-state index contributed by atoms with van der Waals surface area (Å²) in [5.41, 5.74) is 5.69. The van der Waals surface area contributed by atoms with E-state index in [2.05, 4.69) is 4.98 Å². The SMILES string of the molecule is CCn1c(CN)nc2c1c(=O)n(C)c(=O)n2CCOC. The van der Waals surface area contributed by atoms with Crippen molar-refractivity contribution in [1.82, 2.24) is 18.7 Å². The van der Waals surface area contributed by atoms with E-state index >= 15 is 0 Å². The molecule has 0 atom stereocenters. The van der Waals surface area contributed by atoms with Gasteiger partial charge in [0.05, 0.1) is 19.7 Å². The predicted molar refractivity (Wildman–Crippen MR) is 74.7 cm³/mol. The van der Waals surface area contributed by atoms with E-state index < -0.39 is 5.69 Å². The first-order valence-electron chi connectivity index (χ1n) is 6.44. The Morgan fingerprint density at radius 3 is 2.55 bits per heavy atom. The Morgan fingerprint density at radius 2 is 2.00 bits per heavy atom. The summed E-state index contributed by atoms with van der Waals surface area (Å²) in [4.78, 5) is 28.8. The van der Waals surface area contributed by atoms with Gasteiger partial charge in [0.2, 0.25) is 0 Å². The van der Waals surface area contributed by atoms with Gasteiger partial charge in [0.15, 0.2) is 11.2 Å². The van der Waals surface area contributed by atoms with Crippen LogP contribution >= 0.6 is 0 Å². The van der Waals surface area contributed by atoms with Crippen molar-refractivity contribution >= 4 is 11.2 Å². The maximum atomic E-state index is 12.3. The van der Waals surface area contributed by atoms with E-state index in [1.165, 1.54) is 11.6 Å². The minimum atomic E-state index is -0.399. The molecule has 8 nitrogen and oxygen atoms in total. The topological polar surface area (TPSA) is 97.1 Å². The number of nitrogens with two attached hydrogens (primary N) is 1. The van der Waals surface area contributed by atoms with Crippen LogP contribution in [0.4, 0.5) is 0 Å². The van der Waals surface area contributed by atoms with Crippen LogP contribution in [0.1, 0.15) is 12.7 Å². The molecular weight excluding hydrogens is 262 g/mol. The molecule has 0 aliphatic heterocycles. The van der Waals surface area contributed by atoms with Crippen molar-refractivity contribution in [2.75, 3.05) is 13.7 Å². The van der Waals surface area contributed by atoms with Gasteiger partial charge in [0.1, 0.15) is 5.82 Å². The summed E-state index contributed by atoms with van der Waals surface area (Å²) in [7, 11) is 3.02. The monoisotopic (exact) mass is 281 g/mol. The van der Waals surface area contributed by atoms with Gasteiger partial charge in [-0.05, 0) is 6.92 Å². The van der Waals surface area contributed by atoms with Crippen LogP contribution < -0.4 is 17.0 Å². The number of aromatic nitrogens is 4. The Morgan fingerprint density at radius 1 is 1.30 bits per heavy atom. The zero-order valence-electron chi connectivity index (χ0n) is 11.9. The van der Waals surface area contributed by atoms with Crippen LogP contribution in [0.15, 0.2) is 9.59 Å². The second-order valence-corrected chi connectivity index (χ2v) is 4.44. The van der Waals surface area contributed by atoms with Gasteiger partial charge in [0.25, 0.3) is 5.56 Å². The molecule has 0 fully saturated rings. The largest absolute Gasteiger partial charge is 0.383 e. The molecule has 0 aliphatic rings. The summed E-state index contributed by atoms with van der Waals surface area (Å²) in [6.45, 7) is 3.39. The van der Waals surface area contributed by atoms with Crippen molar-refractivity contribution in [2.24, 2.45) is 12.8 Å². The summed E-state index contributed by atoms with van der Waals surface area (Å²) in [5, 5.41) is 0. The van der Waals surface area contributed by atoms with Crippen molar-refractivity contribution in [3.05, 3.63) is 26.7 Å². The molecule has 0 radical (unpaired) electrons. The van der Waals surface area contributed by atoms with Crippen LogP contribution in [0.25, 0.3) is 11.2 Å². The maximum absolute atomic E-state index is 12.3. The summed E-state index contributed by atoms with van der Waals surface area (Å²) in [5.74, 6) is 0.594. The number of hydrogen-bond donors (Lipinski definition) is 1. The summed E-state index contributed by atoms with van der Waals surface area (Å²) in [6.07, 6.45) is 0. The van der Waals surface area contributed by atoms with Crippen molar-refractivity contribution in [3.8, 4) is 0 Å². The number of methoxy groups -OCH3 is 1. The van der Waals surface area contributed by atoms with E-state index in [4.69, 9.17) is 10.5 Å². The number of ether oxygens (including phenoxy) is 1. The third-order valence-corrected chi connectivity index (χ3v) is 3.33. The molecular formula is C12H19N5O3. The van der Waals surface area contributed by atoms with Crippen molar-refractivity contribution in [1.29, 1.82) is 0 Å². The van der Waals surface area contributed by atoms with Gasteiger partial charge in [-0.3, -0.25) is 13.9 Å². The van der Waals surface area contributed by atoms with Gasteiger partial charge < -0.3 is 15.0 Å². The first kappa shape index (κ1) is 14.5. The number of hydrogen-bond acceptors (Lipinski definition) is 5. The number of nitrogens with zero attached hydrogens (tertiary/aromatic N) is 4. The molecule has 8 heteroatoms. The average molecular weight is 281 g/mol. The van der Waals surface area contributed by atoms with Crippen molar-refractivity contribution < 1.29 is 4.74 Å². The number of fused-ring (bicyclic) bond motifs is 1. The van der Waals surface area contributed by atoms with Crippen LogP contribution in [0.3, 0.4) is 0 Å². The van der Waals surface area contributed by atoms with E-state index in [0.29, 0.717) is 36.7 Å². The lowest BCUT2D eigenvalue weighted by atomic mass is 10.4. The third-order valence-electron chi connectivity index (χ3n) is 3.33. The van der Waals surface area contributed by atoms with Crippen LogP contribution in [0, 0.1) is 0 Å². The number of rotatable bonds is 5. The molecule has 0 amide bonds. The highest BCUT2D eigenvalue weighted by molar-refractivity contribution is 5.71. The van der Waals surface area contributed by atoms with E-state index in [9.17, 15) is 9.59 Å². The standard InChI is InChI=1S/C12H19N5O3/c1-4-16-8(7-13)14-10-9(16)11(18)15(2)12(19)17(10)5-6-20-3/h4-7,13H2,1-3H3. The second kappa shape index (κ2) is 5.59. The molecule has 0 aromatic carbocycles. The van der Waals surface area contributed by atoms with Crippen LogP contribution in [0.5, 0.6) is 0 Å². The molecule has 2 aromatic heterocycles. The molecule has 2 heterocycles. The molecule has 0 unspecified atom stereocenters. The van der Waals surface area contributed by atoms with Crippen LogP contribution in [-0.2, 0) is 31.4 Å². The minimum absolute atomic E-state index is 0.212. The molecule has 0 spiro atoms. The van der Waals surface area contributed by atoms with E-state index in [0.717, 1.165) is 4.57 Å². The van der Waals surface area contributed by atoms with Gasteiger partial charge >= 0.3 is 5.69 Å². The molecule has 2 rings (SSSR count). The lowest BCUT2D eigenvalue weighted by Crippen LogP contribution is -2.39. The lowest BCUT2D eigenvalue weighted by molar-refractivity contribution is 0.186. The Bertz CT molecular complexity index is 740. The number of aryl methyl sites for hydroxylation is 1. The van der Waals surface area contributed by atoms with E-state index in [-0.39, 0.29) is 12.1 Å². The van der Waals surface area contributed by atoms with E-state index in [1.54, 1.807) is 11.7 Å². The number of imidazole rings is 1. The predicted octanol–water partition coefficient (Wildman–Crippen LogP) is -0.978. The first-order chi connectivity index (χ1) is 9.56. The molecule has 110 valence electrons. The van der Waals surface area contributed by atoms with Crippen molar-refractivity contribution in [2.45, 2.75) is 26.6 Å². The summed E-state index contributed by atoms with van der Waals surface area (Å²) in [6, 6.07) is 0. The highest BCUT2D eigenvalue weighted by Gasteiger charge is 2.18. The smallest absolute Gasteiger partial charge is 0.332 e. The molecule has 0 saturated carbocycles. The van der Waals surface area contributed by atoms with Gasteiger partial charge in [-0.15, -0.1) is 0 Å². The highest BCUT2D eigenvalue weighted by atomic mass is 16.5. The second-order valence-electron chi connectivity index (χ2n) is 4.44. The average Bonchev–Trinajstić information content (AvgIpc) is 2.83. The third kappa shape index (κ3) is 2.06. The quantitative estimate of drug-likeness (QED) is 0.760. The lowest BCUT2D eigenvalue weighted by Gasteiger charge is -2.09. The maximum Gasteiger partial charge on any atom is 0.332 e. The molecule has 0 saturated heterocycles. The fourth-order valence-corrected chi connectivity index (χ4v) is 2.28. The fourth-order valence-electron chi connectivity index (χ4n) is 2.28. The molecule has 20 heavy (non-hydrogen) atoms. The van der Waals surface area contributed by atoms with Gasteiger partial charge in [-0.2, -0.15) is 0 Å². The van der Waals surface area contributed by atoms with Crippen LogP contribution in [-0.4, -0.2) is 32.4 Å². The highest BCUT2D eigenvalue weighted by Crippen LogP contribution is 2.11. The van der Waals surface area contributed by atoms with Gasteiger partial charge in [-0.1, -0.05) is 0 Å². The zero-order valence-corrected chi connectivity index (χ0v) is 11.9. The molecule has 0 aliphatic carbocycles. The van der Waals surface area contributed by atoms with E-state index in [1.807, 2.05) is 6.92 Å². The van der Waals surface area contributed by atoms with Crippen molar-refractivity contribution in [3.63, 3.8) is 0 Å². The normalized spacial score (nSPS) is 11.4. The van der Waals surface area contributed by atoms with Gasteiger partial charge in [-0.25, -0.2) is 9.78 Å².